The van der Waals surface area contributed by atoms with Crippen LogP contribution in [0.15, 0.2) is 65.1 Å². The van der Waals surface area contributed by atoms with E-state index >= 15 is 0 Å². The number of fused-ring (bicyclic) bond motifs is 1. The number of primary amides is 1. The molecule has 1 amide bonds. The number of rotatable bonds is 9. The van der Waals surface area contributed by atoms with Gasteiger partial charge < -0.3 is 15.5 Å². The molecule has 0 aliphatic rings. The largest absolute Gasteiger partial charge is 0.435 e. The van der Waals surface area contributed by atoms with Gasteiger partial charge in [-0.05, 0) is 69.2 Å². The molecule has 0 spiro atoms. The Morgan fingerprint density at radius 1 is 1.11 bits per heavy atom. The van der Waals surface area contributed by atoms with Crippen LogP contribution in [0.1, 0.15) is 34.5 Å². The van der Waals surface area contributed by atoms with Crippen molar-refractivity contribution >= 4 is 48.5 Å². The van der Waals surface area contributed by atoms with Crippen molar-refractivity contribution in [1.82, 2.24) is 4.98 Å². The topological polar surface area (TPSA) is 114 Å². The van der Waals surface area contributed by atoms with Gasteiger partial charge in [-0.2, -0.15) is 8.78 Å². The molecule has 7 nitrogen and oxygen atoms in total. The second kappa shape index (κ2) is 10.5. The molecule has 1 aromatic heterocycles. The third kappa shape index (κ3) is 6.11. The maximum atomic E-state index is 12.7. The normalized spacial score (nSPS) is 12.6. The number of alkyl halides is 2. The van der Waals surface area contributed by atoms with Gasteiger partial charge in [0.2, 0.25) is 10.0 Å². The van der Waals surface area contributed by atoms with E-state index in [9.17, 15) is 22.0 Å². The Balaban J connectivity index is 1.82. The zero-order valence-corrected chi connectivity index (χ0v) is 22.3. The number of sulfonamides is 1. The molecular weight excluding hydrogens is 568 g/mol. The number of benzene rings is 3. The summed E-state index contributed by atoms with van der Waals surface area (Å²) >= 11 is 3.42. The zero-order chi connectivity index (χ0) is 26.9. The average molecular weight is 592 g/mol. The van der Waals surface area contributed by atoms with E-state index in [0.29, 0.717) is 33.0 Å². The molecule has 0 saturated carbocycles. The van der Waals surface area contributed by atoms with Crippen molar-refractivity contribution in [2.75, 3.05) is 11.0 Å². The number of H-pyrrole nitrogens is 1. The Morgan fingerprint density at radius 3 is 2.51 bits per heavy atom. The maximum Gasteiger partial charge on any atom is 0.387 e. The van der Waals surface area contributed by atoms with Crippen LogP contribution in [0.5, 0.6) is 5.75 Å². The first-order valence-corrected chi connectivity index (χ1v) is 13.9. The molecule has 1 heterocycles. The molecular formula is C26H24BrF2N3O4S. The molecule has 0 saturated heterocycles. The molecule has 1 unspecified atom stereocenters. The molecule has 0 radical (unpaired) electrons. The summed E-state index contributed by atoms with van der Waals surface area (Å²) in [6.07, 6.45) is 1.58. The summed E-state index contributed by atoms with van der Waals surface area (Å²) in [6.45, 7) is -0.911. The number of aromatic amines is 1. The van der Waals surface area contributed by atoms with Gasteiger partial charge in [0.05, 0.1) is 16.4 Å². The summed E-state index contributed by atoms with van der Waals surface area (Å²) in [4.78, 5) is 14.8. The van der Waals surface area contributed by atoms with Gasteiger partial charge in [0, 0.05) is 16.5 Å². The van der Waals surface area contributed by atoms with Crippen LogP contribution < -0.4 is 15.2 Å². The number of aromatic nitrogens is 1. The van der Waals surface area contributed by atoms with E-state index in [1.54, 1.807) is 24.3 Å². The van der Waals surface area contributed by atoms with Crippen molar-refractivity contribution in [3.8, 4) is 16.9 Å². The number of halogens is 3. The molecule has 3 aromatic carbocycles. The molecule has 0 bridgehead atoms. The predicted molar refractivity (Wildman–Crippen MR) is 144 cm³/mol. The maximum absolute atomic E-state index is 12.7. The summed E-state index contributed by atoms with van der Waals surface area (Å²) in [6, 6.07) is 17.5. The van der Waals surface area contributed by atoms with Crippen LogP contribution in [0, 0.1) is 0 Å². The van der Waals surface area contributed by atoms with E-state index < -0.39 is 22.5 Å². The number of carbonyl (C=O) groups is 1. The first-order chi connectivity index (χ1) is 17.4. The van der Waals surface area contributed by atoms with E-state index in [1.807, 2.05) is 37.3 Å². The Labute approximate surface area is 221 Å². The Morgan fingerprint density at radius 2 is 1.84 bits per heavy atom. The molecule has 0 aliphatic carbocycles. The number of anilines is 1. The monoisotopic (exact) mass is 591 g/mol. The van der Waals surface area contributed by atoms with Crippen LogP contribution in [-0.2, 0) is 16.4 Å². The van der Waals surface area contributed by atoms with Gasteiger partial charge in [-0.1, -0.05) is 43.3 Å². The number of nitrogens with two attached hydrogens (primary N) is 1. The second-order valence-electron chi connectivity index (χ2n) is 8.71. The van der Waals surface area contributed by atoms with Crippen LogP contribution >= 0.6 is 15.9 Å². The van der Waals surface area contributed by atoms with Crippen molar-refractivity contribution in [2.45, 2.75) is 25.9 Å². The number of carbonyl (C=O) groups excluding carboxylic acids is 1. The molecule has 4 rings (SSSR count). The minimum Gasteiger partial charge on any atom is -0.435 e. The quantitative estimate of drug-likeness (QED) is 0.221. The fourth-order valence-corrected chi connectivity index (χ4v) is 5.56. The fraction of sp³-hybridized carbons (Fsp3) is 0.192. The van der Waals surface area contributed by atoms with Crippen LogP contribution in [0.2, 0.25) is 0 Å². The molecule has 1 atom stereocenters. The number of nitrogens with one attached hydrogen (secondary N) is 2. The summed E-state index contributed by atoms with van der Waals surface area (Å²) in [7, 11) is -3.63. The average Bonchev–Trinajstić information content (AvgIpc) is 3.13. The van der Waals surface area contributed by atoms with E-state index in [2.05, 4.69) is 30.4 Å². The van der Waals surface area contributed by atoms with Crippen LogP contribution in [0.4, 0.5) is 14.5 Å². The van der Waals surface area contributed by atoms with Crippen molar-refractivity contribution in [3.63, 3.8) is 0 Å². The van der Waals surface area contributed by atoms with Gasteiger partial charge in [0.25, 0.3) is 5.91 Å². The standard InChI is InChI=1S/C26H24BrF2N3O4S/c1-14(10-15-6-5-7-16(11-15)36-26(28)29)17-8-3-4-9-18(17)19-12-20-21(13-22(19)32-37(2,34)35)31-24(23(20)27)25(30)33/h3-9,11-14,26,31-32H,10H2,1-2H3,(H2,30,33). The number of hydrogen-bond donors (Lipinski definition) is 3. The Kier molecular flexibility index (Phi) is 7.56. The van der Waals surface area contributed by atoms with Gasteiger partial charge in [-0.3, -0.25) is 9.52 Å². The zero-order valence-electron chi connectivity index (χ0n) is 19.9. The van der Waals surface area contributed by atoms with Gasteiger partial charge in [-0.15, -0.1) is 0 Å². The fourth-order valence-electron chi connectivity index (χ4n) is 4.37. The van der Waals surface area contributed by atoms with Gasteiger partial charge in [0.15, 0.2) is 0 Å². The number of ether oxygens (including phenoxy) is 1. The highest BCUT2D eigenvalue weighted by Gasteiger charge is 2.21. The molecule has 37 heavy (non-hydrogen) atoms. The predicted octanol–water partition coefficient (Wildman–Crippen LogP) is 6.02. The van der Waals surface area contributed by atoms with E-state index in [1.165, 1.54) is 6.07 Å². The van der Waals surface area contributed by atoms with E-state index in [0.717, 1.165) is 22.9 Å². The van der Waals surface area contributed by atoms with Crippen LogP contribution in [-0.4, -0.2) is 32.2 Å². The summed E-state index contributed by atoms with van der Waals surface area (Å²) in [5.74, 6) is -0.648. The molecule has 194 valence electrons. The first kappa shape index (κ1) is 26.6. The molecule has 0 fully saturated rings. The summed E-state index contributed by atoms with van der Waals surface area (Å²) in [5.41, 5.74) is 9.61. The third-order valence-corrected chi connectivity index (χ3v) is 7.28. The summed E-state index contributed by atoms with van der Waals surface area (Å²) in [5, 5.41) is 0.655. The van der Waals surface area contributed by atoms with Gasteiger partial charge in [-0.25, -0.2) is 8.42 Å². The lowest BCUT2D eigenvalue weighted by atomic mass is 9.87. The van der Waals surface area contributed by atoms with Crippen molar-refractivity contribution in [1.29, 1.82) is 0 Å². The lowest BCUT2D eigenvalue weighted by Gasteiger charge is -2.20. The van der Waals surface area contributed by atoms with Crippen LogP contribution in [0.25, 0.3) is 22.0 Å². The molecule has 0 aliphatic heterocycles. The smallest absolute Gasteiger partial charge is 0.387 e. The van der Waals surface area contributed by atoms with Gasteiger partial charge in [0.1, 0.15) is 11.4 Å². The Bertz CT molecular complexity index is 1590. The third-order valence-electron chi connectivity index (χ3n) is 5.86. The van der Waals surface area contributed by atoms with E-state index in [4.69, 9.17) is 5.73 Å². The highest BCUT2D eigenvalue weighted by molar-refractivity contribution is 9.10. The van der Waals surface area contributed by atoms with E-state index in [-0.39, 0.29) is 17.4 Å². The first-order valence-electron chi connectivity index (χ1n) is 11.2. The van der Waals surface area contributed by atoms with Gasteiger partial charge >= 0.3 is 6.61 Å². The molecule has 4 N–H and O–H groups in total. The van der Waals surface area contributed by atoms with Crippen LogP contribution in [0.3, 0.4) is 0 Å². The lowest BCUT2D eigenvalue weighted by Crippen LogP contribution is -2.11. The minimum atomic E-state index is -3.63. The van der Waals surface area contributed by atoms with Crippen molar-refractivity contribution < 1.29 is 26.7 Å². The van der Waals surface area contributed by atoms with Crippen molar-refractivity contribution in [3.05, 3.63) is 82.0 Å². The second-order valence-corrected chi connectivity index (χ2v) is 11.3. The molecule has 4 aromatic rings. The summed E-state index contributed by atoms with van der Waals surface area (Å²) < 4.78 is 57.3. The molecule has 11 heteroatoms. The Hall–Kier alpha value is -3.44. The number of hydrogen-bond acceptors (Lipinski definition) is 4. The number of amides is 1. The highest BCUT2D eigenvalue weighted by atomic mass is 79.9. The highest BCUT2D eigenvalue weighted by Crippen LogP contribution is 2.40. The SMILES string of the molecule is CC(Cc1cccc(OC(F)F)c1)c1ccccc1-c1cc2c(Br)c(C(N)=O)[nH]c2cc1NS(C)(=O)=O. The van der Waals surface area contributed by atoms with Crippen molar-refractivity contribution in [2.24, 2.45) is 5.73 Å². The lowest BCUT2D eigenvalue weighted by molar-refractivity contribution is -0.0498. The minimum absolute atomic E-state index is 0.0735.